The Balaban J connectivity index is 2.51. The molecule has 6 nitrogen and oxygen atoms in total. The van der Waals surface area contributed by atoms with Crippen LogP contribution in [0.1, 0.15) is 12.5 Å². The fourth-order valence-corrected chi connectivity index (χ4v) is 1.89. The highest BCUT2D eigenvalue weighted by molar-refractivity contribution is 7.97. The molecule has 0 saturated heterocycles. The van der Waals surface area contributed by atoms with E-state index in [1.54, 1.807) is 0 Å². The normalized spacial score (nSPS) is 11.4. The highest BCUT2D eigenvalue weighted by atomic mass is 32.2. The molecule has 0 bridgehead atoms. The maximum absolute atomic E-state index is 11.9. The van der Waals surface area contributed by atoms with Crippen molar-refractivity contribution in [2.75, 3.05) is 5.75 Å². The average molecular weight is 281 g/mol. The smallest absolute Gasteiger partial charge is 0.243 e. The largest absolute Gasteiger partial charge is 0.350 e. The molecule has 0 aliphatic heterocycles. The number of nitrogens with one attached hydrogen (secondary N) is 2. The van der Waals surface area contributed by atoms with Crippen molar-refractivity contribution in [3.8, 4) is 0 Å². The van der Waals surface area contributed by atoms with Crippen molar-refractivity contribution in [3.05, 3.63) is 40.8 Å². The second-order valence-corrected chi connectivity index (χ2v) is 4.57. The Morgan fingerprint density at radius 2 is 2.00 bits per heavy atom. The Morgan fingerprint density at radius 3 is 2.58 bits per heavy atom. The third kappa shape index (κ3) is 6.01. The highest BCUT2D eigenvalue weighted by Crippen LogP contribution is 2.04. The summed E-state index contributed by atoms with van der Waals surface area (Å²) in [5.41, 5.74) is 0.957. The molecule has 1 rings (SSSR count). The zero-order chi connectivity index (χ0) is 14.1. The van der Waals surface area contributed by atoms with Gasteiger partial charge in [0, 0.05) is 35.8 Å². The molecular weight excluding hydrogens is 266 g/mol. The molecule has 19 heavy (non-hydrogen) atoms. The number of nitrogens with zero attached hydrogens (tertiary/aromatic N) is 1. The molecule has 0 aliphatic carbocycles. The maximum Gasteiger partial charge on any atom is 0.243 e. The van der Waals surface area contributed by atoms with Crippen LogP contribution >= 0.6 is 11.9 Å². The van der Waals surface area contributed by atoms with E-state index in [-0.39, 0.29) is 17.6 Å². The highest BCUT2D eigenvalue weighted by Gasteiger charge is 2.19. The Kier molecular flexibility index (Phi) is 6.59. The van der Waals surface area contributed by atoms with E-state index in [9.17, 15) is 14.5 Å². The van der Waals surface area contributed by atoms with E-state index in [0.29, 0.717) is 18.5 Å². The summed E-state index contributed by atoms with van der Waals surface area (Å²) in [6.45, 7) is 1.69. The van der Waals surface area contributed by atoms with Crippen molar-refractivity contribution < 1.29 is 9.59 Å². The molecule has 2 N–H and O–H groups in total. The first-order valence-corrected chi connectivity index (χ1v) is 6.61. The van der Waals surface area contributed by atoms with Crippen LogP contribution in [0, 0.1) is 4.91 Å². The minimum absolute atomic E-state index is 0.115. The van der Waals surface area contributed by atoms with Gasteiger partial charge in [0.15, 0.2) is 0 Å². The zero-order valence-electron chi connectivity index (χ0n) is 10.5. The number of hydrogen-bond acceptors (Lipinski definition) is 5. The number of hydrogen-bond donors (Lipinski definition) is 2. The van der Waals surface area contributed by atoms with Gasteiger partial charge in [-0.05, 0) is 5.56 Å². The molecule has 102 valence electrons. The van der Waals surface area contributed by atoms with Crippen LogP contribution in [0.3, 0.4) is 0 Å². The third-order valence-electron chi connectivity index (χ3n) is 2.30. The van der Waals surface area contributed by atoms with E-state index < -0.39 is 6.04 Å². The van der Waals surface area contributed by atoms with Gasteiger partial charge in [0.2, 0.25) is 11.8 Å². The second kappa shape index (κ2) is 8.25. The lowest BCUT2D eigenvalue weighted by atomic mass is 10.2. The van der Waals surface area contributed by atoms with Crippen molar-refractivity contribution in [2.45, 2.75) is 19.5 Å². The first-order valence-electron chi connectivity index (χ1n) is 5.67. The molecule has 0 aliphatic rings. The summed E-state index contributed by atoms with van der Waals surface area (Å²) in [4.78, 5) is 32.9. The second-order valence-electron chi connectivity index (χ2n) is 3.83. The Labute approximate surface area is 115 Å². The number of rotatable bonds is 7. The van der Waals surface area contributed by atoms with Crippen LogP contribution < -0.4 is 10.6 Å². The standard InChI is InChI=1S/C12H15N3O3S/c1-9(16)14-11(8-19-15-18)12(17)13-7-10-5-3-2-4-6-10/h2-6,11H,7-8H2,1H3,(H,13,17)(H,14,16)/t11-/m0/s1. The van der Waals surface area contributed by atoms with Crippen molar-refractivity contribution in [1.82, 2.24) is 10.6 Å². The Bertz CT molecular complexity index is 439. The van der Waals surface area contributed by atoms with Crippen molar-refractivity contribution in [3.63, 3.8) is 0 Å². The van der Waals surface area contributed by atoms with Gasteiger partial charge < -0.3 is 10.6 Å². The van der Waals surface area contributed by atoms with Crippen molar-refractivity contribution in [2.24, 2.45) is 4.58 Å². The van der Waals surface area contributed by atoms with E-state index >= 15 is 0 Å². The third-order valence-corrected chi connectivity index (χ3v) is 2.89. The molecule has 0 fully saturated rings. The molecular formula is C12H15N3O3S. The van der Waals surface area contributed by atoms with E-state index in [0.717, 1.165) is 5.56 Å². The van der Waals surface area contributed by atoms with E-state index in [4.69, 9.17) is 0 Å². The first kappa shape index (κ1) is 15.2. The minimum Gasteiger partial charge on any atom is -0.350 e. The summed E-state index contributed by atoms with van der Waals surface area (Å²) in [7, 11) is 0. The summed E-state index contributed by atoms with van der Waals surface area (Å²) >= 11 is 0.702. The summed E-state index contributed by atoms with van der Waals surface area (Å²) in [5, 5.41) is 5.18. The number of carbonyl (C=O) groups excluding carboxylic acids is 2. The van der Waals surface area contributed by atoms with Gasteiger partial charge in [-0.25, -0.2) is 0 Å². The van der Waals surface area contributed by atoms with Gasteiger partial charge in [-0.2, -0.15) is 0 Å². The lowest BCUT2D eigenvalue weighted by molar-refractivity contribution is -0.127. The molecule has 1 aromatic rings. The molecule has 1 aromatic carbocycles. The number of nitroso groups, excluding NO2 is 1. The summed E-state index contributed by atoms with van der Waals surface area (Å²) in [6.07, 6.45) is 0. The van der Waals surface area contributed by atoms with Gasteiger partial charge in [0.1, 0.15) is 6.04 Å². The van der Waals surface area contributed by atoms with Gasteiger partial charge in [-0.1, -0.05) is 30.3 Å². The molecule has 0 spiro atoms. The van der Waals surface area contributed by atoms with Crippen LogP contribution in [-0.4, -0.2) is 23.6 Å². The molecule has 2 amide bonds. The van der Waals surface area contributed by atoms with Crippen LogP contribution in [0.15, 0.2) is 34.9 Å². The molecule has 0 unspecified atom stereocenters. The monoisotopic (exact) mass is 281 g/mol. The van der Waals surface area contributed by atoms with E-state index in [2.05, 4.69) is 15.2 Å². The summed E-state index contributed by atoms with van der Waals surface area (Å²) in [5.74, 6) is -0.550. The Morgan fingerprint density at radius 1 is 1.32 bits per heavy atom. The van der Waals surface area contributed by atoms with Crippen molar-refractivity contribution >= 4 is 23.8 Å². The fraction of sp³-hybridized carbons (Fsp3) is 0.333. The minimum atomic E-state index is -0.760. The predicted molar refractivity (Wildman–Crippen MR) is 74.1 cm³/mol. The number of benzene rings is 1. The molecule has 0 aromatic heterocycles. The van der Waals surface area contributed by atoms with Gasteiger partial charge >= 0.3 is 0 Å². The van der Waals surface area contributed by atoms with Crippen LogP contribution in [0.4, 0.5) is 0 Å². The van der Waals surface area contributed by atoms with E-state index in [1.165, 1.54) is 6.92 Å². The predicted octanol–water partition coefficient (Wildman–Crippen LogP) is 1.22. The van der Waals surface area contributed by atoms with Gasteiger partial charge in [0.25, 0.3) is 0 Å². The van der Waals surface area contributed by atoms with Crippen LogP contribution in [0.2, 0.25) is 0 Å². The van der Waals surface area contributed by atoms with Gasteiger partial charge in [0.05, 0.1) is 0 Å². The number of carbonyl (C=O) groups is 2. The molecule has 0 saturated carbocycles. The zero-order valence-corrected chi connectivity index (χ0v) is 11.3. The van der Waals surface area contributed by atoms with Crippen LogP contribution in [0.25, 0.3) is 0 Å². The molecule has 0 radical (unpaired) electrons. The first-order chi connectivity index (χ1) is 9.13. The maximum atomic E-state index is 11.9. The summed E-state index contributed by atoms with van der Waals surface area (Å²) < 4.78 is 2.62. The van der Waals surface area contributed by atoms with Crippen LogP contribution in [0.5, 0.6) is 0 Å². The molecule has 7 heteroatoms. The van der Waals surface area contributed by atoms with Crippen molar-refractivity contribution in [1.29, 1.82) is 0 Å². The summed E-state index contributed by atoms with van der Waals surface area (Å²) in [6, 6.07) is 8.64. The van der Waals surface area contributed by atoms with E-state index in [1.807, 2.05) is 30.3 Å². The Hall–Kier alpha value is -1.89. The van der Waals surface area contributed by atoms with Gasteiger partial charge in [-0.15, -0.1) is 4.91 Å². The van der Waals surface area contributed by atoms with Crippen LogP contribution in [-0.2, 0) is 16.1 Å². The van der Waals surface area contributed by atoms with Gasteiger partial charge in [-0.3, -0.25) is 9.59 Å². The topological polar surface area (TPSA) is 87.6 Å². The molecule has 1 atom stereocenters. The number of amides is 2. The average Bonchev–Trinajstić information content (AvgIpc) is 2.41. The fourth-order valence-electron chi connectivity index (χ4n) is 1.44. The quantitative estimate of drug-likeness (QED) is 0.581. The molecule has 0 heterocycles. The SMILES string of the molecule is CC(=O)N[C@@H](CSN=O)C(=O)NCc1ccccc1. The lowest BCUT2D eigenvalue weighted by Gasteiger charge is -2.15. The lowest BCUT2D eigenvalue weighted by Crippen LogP contribution is -2.47.